The fourth-order valence-corrected chi connectivity index (χ4v) is 4.65. The zero-order chi connectivity index (χ0) is 19.8. The molecule has 3 aromatic heterocycles. The van der Waals surface area contributed by atoms with Gasteiger partial charge in [0.25, 0.3) is 0 Å². The van der Waals surface area contributed by atoms with Gasteiger partial charge in [-0.2, -0.15) is 5.26 Å². The number of imidazole rings is 1. The molecule has 0 saturated carbocycles. The molecular formula is C26H13N3O. The summed E-state index contributed by atoms with van der Waals surface area (Å²) in [5, 5.41) is 14.7. The second-order valence-electron chi connectivity index (χ2n) is 7.60. The Morgan fingerprint density at radius 1 is 0.700 bits per heavy atom. The lowest BCUT2D eigenvalue weighted by molar-refractivity contribution is 0.669. The number of aromatic nitrogens is 2. The number of para-hydroxylation sites is 3. The van der Waals surface area contributed by atoms with Crippen molar-refractivity contribution in [2.24, 2.45) is 0 Å². The number of benzene rings is 4. The van der Waals surface area contributed by atoms with Gasteiger partial charge in [-0.15, -0.1) is 0 Å². The Hall–Kier alpha value is -4.36. The molecule has 138 valence electrons. The van der Waals surface area contributed by atoms with Gasteiger partial charge in [0.15, 0.2) is 0 Å². The van der Waals surface area contributed by atoms with Gasteiger partial charge < -0.3 is 4.42 Å². The molecule has 0 aliphatic rings. The number of furan rings is 1. The largest absolute Gasteiger partial charge is 0.456 e. The zero-order valence-corrected chi connectivity index (χ0v) is 15.8. The van der Waals surface area contributed by atoms with Crippen LogP contribution in [0.1, 0.15) is 5.56 Å². The van der Waals surface area contributed by atoms with Crippen LogP contribution in [0.15, 0.2) is 83.3 Å². The van der Waals surface area contributed by atoms with Gasteiger partial charge in [-0.1, -0.05) is 30.3 Å². The molecule has 0 saturated heterocycles. The topological polar surface area (TPSA) is 54.2 Å². The summed E-state index contributed by atoms with van der Waals surface area (Å²) in [6.45, 7) is 0. The van der Waals surface area contributed by atoms with E-state index in [1.54, 1.807) is 6.07 Å². The van der Waals surface area contributed by atoms with Crippen molar-refractivity contribution >= 4 is 60.3 Å². The first-order valence-corrected chi connectivity index (χ1v) is 9.80. The Bertz CT molecular complexity index is 1860. The number of rotatable bonds is 0. The number of pyridine rings is 1. The van der Waals surface area contributed by atoms with Gasteiger partial charge in [0, 0.05) is 21.5 Å². The Morgan fingerprint density at radius 3 is 2.40 bits per heavy atom. The fraction of sp³-hybridized carbons (Fsp3) is 0. The molecule has 30 heavy (non-hydrogen) atoms. The number of nitrogens with zero attached hydrogens (tertiary/aromatic N) is 3. The van der Waals surface area contributed by atoms with E-state index in [-0.39, 0.29) is 0 Å². The van der Waals surface area contributed by atoms with Crippen molar-refractivity contribution in [2.75, 3.05) is 0 Å². The van der Waals surface area contributed by atoms with Gasteiger partial charge in [-0.3, -0.25) is 4.40 Å². The summed E-state index contributed by atoms with van der Waals surface area (Å²) in [5.74, 6) is 0. The number of nitriles is 1. The highest BCUT2D eigenvalue weighted by Crippen LogP contribution is 2.38. The number of hydrogen-bond acceptors (Lipinski definition) is 3. The van der Waals surface area contributed by atoms with E-state index in [1.165, 1.54) is 5.39 Å². The molecule has 0 spiro atoms. The smallest absolute Gasteiger partial charge is 0.146 e. The molecule has 4 aromatic carbocycles. The maximum Gasteiger partial charge on any atom is 0.146 e. The molecule has 0 atom stereocenters. The van der Waals surface area contributed by atoms with Crippen molar-refractivity contribution in [1.29, 1.82) is 5.26 Å². The first kappa shape index (κ1) is 15.5. The average molecular weight is 383 g/mol. The predicted molar refractivity (Wildman–Crippen MR) is 120 cm³/mol. The third kappa shape index (κ3) is 1.86. The van der Waals surface area contributed by atoms with Gasteiger partial charge in [0.2, 0.25) is 0 Å². The fourth-order valence-electron chi connectivity index (χ4n) is 4.65. The van der Waals surface area contributed by atoms with Crippen LogP contribution < -0.4 is 0 Å². The zero-order valence-electron chi connectivity index (χ0n) is 15.8. The van der Waals surface area contributed by atoms with E-state index < -0.39 is 0 Å². The summed E-state index contributed by atoms with van der Waals surface area (Å²) in [5.41, 5.74) is 6.24. The Labute approximate surface area is 170 Å². The number of hydrogen-bond donors (Lipinski definition) is 0. The van der Waals surface area contributed by atoms with Crippen LogP contribution in [-0.4, -0.2) is 9.38 Å². The molecule has 0 bridgehead atoms. The maximum atomic E-state index is 9.23. The predicted octanol–water partition coefficient (Wildman–Crippen LogP) is 6.56. The molecule has 3 heterocycles. The summed E-state index contributed by atoms with van der Waals surface area (Å²) >= 11 is 0. The molecule has 0 N–H and O–H groups in total. The third-order valence-corrected chi connectivity index (χ3v) is 5.98. The summed E-state index contributed by atoms with van der Waals surface area (Å²) in [6, 6.07) is 28.7. The molecule has 0 radical (unpaired) electrons. The molecule has 7 aromatic rings. The molecule has 0 unspecified atom stereocenters. The van der Waals surface area contributed by atoms with Gasteiger partial charge in [-0.05, 0) is 53.9 Å². The summed E-state index contributed by atoms with van der Waals surface area (Å²) in [7, 11) is 0. The Balaban J connectivity index is 1.77. The van der Waals surface area contributed by atoms with E-state index in [9.17, 15) is 5.26 Å². The monoisotopic (exact) mass is 383 g/mol. The van der Waals surface area contributed by atoms with Gasteiger partial charge in [0.05, 0.1) is 28.2 Å². The van der Waals surface area contributed by atoms with Crippen molar-refractivity contribution in [3.63, 3.8) is 0 Å². The second-order valence-corrected chi connectivity index (χ2v) is 7.60. The quantitative estimate of drug-likeness (QED) is 0.279. The van der Waals surface area contributed by atoms with Gasteiger partial charge in [-0.25, -0.2) is 4.98 Å². The molecule has 0 aliphatic carbocycles. The highest BCUT2D eigenvalue weighted by atomic mass is 16.3. The van der Waals surface area contributed by atoms with Crippen molar-refractivity contribution in [3.8, 4) is 6.07 Å². The van der Waals surface area contributed by atoms with Crippen LogP contribution in [0, 0.1) is 11.3 Å². The Kier molecular flexibility index (Phi) is 2.78. The van der Waals surface area contributed by atoms with E-state index in [0.29, 0.717) is 5.56 Å². The van der Waals surface area contributed by atoms with Crippen LogP contribution in [0.25, 0.3) is 60.3 Å². The molecule has 0 amide bonds. The van der Waals surface area contributed by atoms with E-state index in [1.807, 2.05) is 30.3 Å². The van der Waals surface area contributed by atoms with Crippen molar-refractivity contribution in [3.05, 3.63) is 84.4 Å². The molecule has 7 rings (SSSR count). The first-order chi connectivity index (χ1) is 14.8. The van der Waals surface area contributed by atoms with Gasteiger partial charge >= 0.3 is 0 Å². The minimum atomic E-state index is 0.596. The summed E-state index contributed by atoms with van der Waals surface area (Å²) < 4.78 is 8.38. The molecule has 4 nitrogen and oxygen atoms in total. The summed E-state index contributed by atoms with van der Waals surface area (Å²) in [6.07, 6.45) is 0. The lowest BCUT2D eigenvalue weighted by Crippen LogP contribution is -1.91. The van der Waals surface area contributed by atoms with Crippen LogP contribution in [0.2, 0.25) is 0 Å². The maximum absolute atomic E-state index is 9.23. The van der Waals surface area contributed by atoms with E-state index in [0.717, 1.165) is 54.9 Å². The third-order valence-electron chi connectivity index (χ3n) is 5.98. The second kappa shape index (κ2) is 5.37. The number of fused-ring (bicyclic) bond motifs is 11. The van der Waals surface area contributed by atoms with Crippen molar-refractivity contribution in [1.82, 2.24) is 9.38 Å². The molecular weight excluding hydrogens is 370 g/mol. The highest BCUT2D eigenvalue weighted by Gasteiger charge is 2.16. The van der Waals surface area contributed by atoms with E-state index in [2.05, 4.69) is 52.9 Å². The molecule has 4 heteroatoms. The average Bonchev–Trinajstić information content (AvgIpc) is 3.35. The van der Waals surface area contributed by atoms with Crippen LogP contribution in [0.5, 0.6) is 0 Å². The molecule has 0 fully saturated rings. The molecule has 0 aliphatic heterocycles. The van der Waals surface area contributed by atoms with E-state index >= 15 is 0 Å². The Morgan fingerprint density at radius 2 is 1.50 bits per heavy atom. The van der Waals surface area contributed by atoms with Crippen LogP contribution >= 0.6 is 0 Å². The first-order valence-electron chi connectivity index (χ1n) is 9.80. The minimum Gasteiger partial charge on any atom is -0.456 e. The lowest BCUT2D eigenvalue weighted by Gasteiger charge is -2.09. The SMILES string of the molecule is N#Cc1ccc2c(c1)oc1cc3c(cc12)c1ccccc1n1c2ccccc2nc31. The standard InChI is InChI=1S/C26H13N3O/c27-14-15-9-10-17-19-12-18-16-5-1-3-7-22(16)29-23-8-4-2-6-21(23)28-26(29)20(18)13-25(19)30-24(17)11-15/h1-13H. The van der Waals surface area contributed by atoms with Crippen LogP contribution in [0.4, 0.5) is 0 Å². The lowest BCUT2D eigenvalue weighted by atomic mass is 10.0. The van der Waals surface area contributed by atoms with Crippen molar-refractivity contribution < 1.29 is 4.42 Å². The van der Waals surface area contributed by atoms with Crippen LogP contribution in [0.3, 0.4) is 0 Å². The van der Waals surface area contributed by atoms with Gasteiger partial charge in [0.1, 0.15) is 16.8 Å². The van der Waals surface area contributed by atoms with E-state index in [4.69, 9.17) is 9.40 Å². The highest BCUT2D eigenvalue weighted by molar-refractivity contribution is 6.20. The minimum absolute atomic E-state index is 0.596. The van der Waals surface area contributed by atoms with Crippen molar-refractivity contribution in [2.45, 2.75) is 0 Å². The summed E-state index contributed by atoms with van der Waals surface area (Å²) in [4.78, 5) is 4.96. The van der Waals surface area contributed by atoms with Crippen LogP contribution in [-0.2, 0) is 0 Å². The normalized spacial score (nSPS) is 12.0.